The van der Waals surface area contributed by atoms with Crippen molar-refractivity contribution < 1.29 is 12.8 Å². The van der Waals surface area contributed by atoms with Crippen LogP contribution in [0, 0.1) is 6.92 Å². The zero-order valence-corrected chi connectivity index (χ0v) is 13.2. The Kier molecular flexibility index (Phi) is 4.82. The third kappa shape index (κ3) is 3.72. The van der Waals surface area contributed by atoms with E-state index in [1.807, 2.05) is 12.1 Å². The van der Waals surface area contributed by atoms with E-state index in [2.05, 4.69) is 36.0 Å². The molecule has 0 aliphatic carbocycles. The van der Waals surface area contributed by atoms with Crippen molar-refractivity contribution in [2.24, 2.45) is 0 Å². The van der Waals surface area contributed by atoms with Crippen molar-refractivity contribution in [3.8, 4) is 0 Å². The van der Waals surface area contributed by atoms with Crippen molar-refractivity contribution in [2.75, 3.05) is 7.05 Å². The van der Waals surface area contributed by atoms with Gasteiger partial charge in [-0.1, -0.05) is 24.3 Å². The SMILES string of the molecule is CNS(=O)(=O)c1ccc(CN[C@H](C)c2ccccc2C)o1. The Hall–Kier alpha value is -1.63. The molecule has 6 heteroatoms. The van der Waals surface area contributed by atoms with Crippen LogP contribution >= 0.6 is 0 Å². The highest BCUT2D eigenvalue weighted by molar-refractivity contribution is 7.89. The quantitative estimate of drug-likeness (QED) is 0.859. The van der Waals surface area contributed by atoms with Gasteiger partial charge in [-0.05, 0) is 44.2 Å². The van der Waals surface area contributed by atoms with E-state index in [4.69, 9.17) is 4.42 Å². The first-order valence-electron chi connectivity index (χ1n) is 6.75. The number of hydrogen-bond acceptors (Lipinski definition) is 4. The van der Waals surface area contributed by atoms with Crippen molar-refractivity contribution in [1.82, 2.24) is 10.0 Å². The van der Waals surface area contributed by atoms with Gasteiger partial charge in [-0.3, -0.25) is 0 Å². The van der Waals surface area contributed by atoms with Gasteiger partial charge in [0.15, 0.2) is 0 Å². The van der Waals surface area contributed by atoms with Crippen molar-refractivity contribution in [3.05, 3.63) is 53.3 Å². The third-order valence-corrected chi connectivity index (χ3v) is 4.69. The largest absolute Gasteiger partial charge is 0.447 e. The number of rotatable bonds is 6. The highest BCUT2D eigenvalue weighted by Crippen LogP contribution is 2.18. The third-order valence-electron chi connectivity index (χ3n) is 3.41. The van der Waals surface area contributed by atoms with Gasteiger partial charge in [0.05, 0.1) is 6.54 Å². The molecule has 114 valence electrons. The van der Waals surface area contributed by atoms with Crippen LogP contribution in [0.1, 0.15) is 29.9 Å². The predicted molar refractivity (Wildman–Crippen MR) is 81.4 cm³/mol. The summed E-state index contributed by atoms with van der Waals surface area (Å²) in [6.07, 6.45) is 0. The standard InChI is InChI=1S/C15H20N2O3S/c1-11-6-4-5-7-14(11)12(2)17-10-13-8-9-15(20-13)21(18,19)16-3/h4-9,12,16-17H,10H2,1-3H3/t12-/m1/s1. The second-order valence-electron chi connectivity index (χ2n) is 4.89. The fourth-order valence-corrected chi connectivity index (χ4v) is 2.80. The zero-order valence-electron chi connectivity index (χ0n) is 12.4. The summed E-state index contributed by atoms with van der Waals surface area (Å²) in [4.78, 5) is 0. The van der Waals surface area contributed by atoms with E-state index in [-0.39, 0.29) is 11.1 Å². The smallest absolute Gasteiger partial charge is 0.273 e. The number of aryl methyl sites for hydroxylation is 1. The van der Waals surface area contributed by atoms with Gasteiger partial charge < -0.3 is 9.73 Å². The molecule has 2 rings (SSSR count). The lowest BCUT2D eigenvalue weighted by Gasteiger charge is -2.15. The Balaban J connectivity index is 2.03. The summed E-state index contributed by atoms with van der Waals surface area (Å²) >= 11 is 0. The summed E-state index contributed by atoms with van der Waals surface area (Å²) in [5, 5.41) is 3.27. The number of sulfonamides is 1. The van der Waals surface area contributed by atoms with Crippen LogP contribution in [0.3, 0.4) is 0 Å². The van der Waals surface area contributed by atoms with Crippen LogP contribution in [0.15, 0.2) is 45.9 Å². The minimum absolute atomic E-state index is 0.0645. The Morgan fingerprint density at radius 1 is 1.19 bits per heavy atom. The molecule has 1 heterocycles. The summed E-state index contributed by atoms with van der Waals surface area (Å²) < 4.78 is 30.8. The van der Waals surface area contributed by atoms with Crippen molar-refractivity contribution in [3.63, 3.8) is 0 Å². The molecule has 5 nitrogen and oxygen atoms in total. The van der Waals surface area contributed by atoms with Crippen molar-refractivity contribution >= 4 is 10.0 Å². The average molecular weight is 308 g/mol. The van der Waals surface area contributed by atoms with Crippen molar-refractivity contribution in [2.45, 2.75) is 31.5 Å². The van der Waals surface area contributed by atoms with Crippen LogP contribution in [0.2, 0.25) is 0 Å². The molecule has 2 N–H and O–H groups in total. The zero-order chi connectivity index (χ0) is 15.5. The molecule has 0 aliphatic heterocycles. The molecule has 0 bridgehead atoms. The Morgan fingerprint density at radius 2 is 1.90 bits per heavy atom. The van der Waals surface area contributed by atoms with E-state index >= 15 is 0 Å². The normalized spacial score (nSPS) is 13.3. The Labute approximate surface area is 125 Å². The average Bonchev–Trinajstić information content (AvgIpc) is 2.95. The Morgan fingerprint density at radius 3 is 2.57 bits per heavy atom. The maximum Gasteiger partial charge on any atom is 0.273 e. The van der Waals surface area contributed by atoms with E-state index in [0.717, 1.165) is 0 Å². The molecular formula is C15H20N2O3S. The molecule has 0 saturated heterocycles. The van der Waals surface area contributed by atoms with Crippen molar-refractivity contribution in [1.29, 1.82) is 0 Å². The molecular weight excluding hydrogens is 288 g/mol. The van der Waals surface area contributed by atoms with E-state index in [0.29, 0.717) is 12.3 Å². The first kappa shape index (κ1) is 15.8. The number of furan rings is 1. The molecule has 2 aromatic rings. The van der Waals surface area contributed by atoms with Crippen LogP contribution in [0.25, 0.3) is 0 Å². The molecule has 1 atom stereocenters. The van der Waals surface area contributed by atoms with Crippen LogP contribution in [-0.2, 0) is 16.6 Å². The van der Waals surface area contributed by atoms with E-state index in [1.165, 1.54) is 24.2 Å². The summed E-state index contributed by atoms with van der Waals surface area (Å²) in [5.41, 5.74) is 2.43. The molecule has 0 aliphatic rings. The second-order valence-corrected chi connectivity index (χ2v) is 6.70. The molecule has 1 aromatic carbocycles. The van der Waals surface area contributed by atoms with Crippen LogP contribution in [0.5, 0.6) is 0 Å². The molecule has 21 heavy (non-hydrogen) atoms. The molecule has 0 spiro atoms. The number of hydrogen-bond donors (Lipinski definition) is 2. The van der Waals surface area contributed by atoms with Gasteiger partial charge in [0, 0.05) is 6.04 Å². The maximum absolute atomic E-state index is 11.6. The lowest BCUT2D eigenvalue weighted by molar-refractivity contribution is 0.392. The Bertz CT molecular complexity index is 707. The molecule has 0 amide bonds. The van der Waals surface area contributed by atoms with Gasteiger partial charge in [0.1, 0.15) is 5.76 Å². The van der Waals surface area contributed by atoms with Crippen LogP contribution < -0.4 is 10.0 Å². The fourth-order valence-electron chi connectivity index (χ4n) is 2.13. The highest BCUT2D eigenvalue weighted by Gasteiger charge is 2.16. The first-order chi connectivity index (χ1) is 9.94. The predicted octanol–water partition coefficient (Wildman–Crippen LogP) is 2.35. The summed E-state index contributed by atoms with van der Waals surface area (Å²) in [6, 6.07) is 11.4. The van der Waals surface area contributed by atoms with Gasteiger partial charge in [0.2, 0.25) is 5.09 Å². The topological polar surface area (TPSA) is 71.3 Å². The highest BCUT2D eigenvalue weighted by atomic mass is 32.2. The van der Waals surface area contributed by atoms with Gasteiger partial charge in [0.25, 0.3) is 10.0 Å². The van der Waals surface area contributed by atoms with E-state index in [1.54, 1.807) is 6.07 Å². The van der Waals surface area contributed by atoms with Gasteiger partial charge in [-0.2, -0.15) is 0 Å². The van der Waals surface area contributed by atoms with E-state index < -0.39 is 10.0 Å². The minimum atomic E-state index is -3.52. The fraction of sp³-hybridized carbons (Fsp3) is 0.333. The summed E-state index contributed by atoms with van der Waals surface area (Å²) in [6.45, 7) is 4.60. The van der Waals surface area contributed by atoms with Gasteiger partial charge in [-0.15, -0.1) is 0 Å². The summed E-state index contributed by atoms with van der Waals surface area (Å²) in [7, 11) is -2.16. The molecule has 0 saturated carbocycles. The van der Waals surface area contributed by atoms with Crippen LogP contribution in [0.4, 0.5) is 0 Å². The van der Waals surface area contributed by atoms with Crippen LogP contribution in [-0.4, -0.2) is 15.5 Å². The minimum Gasteiger partial charge on any atom is -0.447 e. The maximum atomic E-state index is 11.6. The molecule has 1 aromatic heterocycles. The molecule has 0 unspecified atom stereocenters. The van der Waals surface area contributed by atoms with E-state index in [9.17, 15) is 8.42 Å². The monoisotopic (exact) mass is 308 g/mol. The number of nitrogens with one attached hydrogen (secondary N) is 2. The second kappa shape index (κ2) is 6.43. The van der Waals surface area contributed by atoms with Gasteiger partial charge in [-0.25, -0.2) is 13.1 Å². The first-order valence-corrected chi connectivity index (χ1v) is 8.23. The number of benzene rings is 1. The lowest BCUT2D eigenvalue weighted by atomic mass is 10.0. The molecule has 0 fully saturated rings. The molecule has 0 radical (unpaired) electrons. The lowest BCUT2D eigenvalue weighted by Crippen LogP contribution is -2.19. The summed E-state index contributed by atoms with van der Waals surface area (Å²) in [5.74, 6) is 0.587. The van der Waals surface area contributed by atoms with Gasteiger partial charge >= 0.3 is 0 Å².